The van der Waals surface area contributed by atoms with Gasteiger partial charge in [0, 0.05) is 5.56 Å². The zero-order chi connectivity index (χ0) is 13.8. The molecule has 0 amide bonds. The van der Waals surface area contributed by atoms with Crippen molar-refractivity contribution in [2.24, 2.45) is 5.10 Å². The highest BCUT2D eigenvalue weighted by atomic mass is 16.4. The number of Topliss-reactive ketones (excluding diaryl/α,β-unsaturated/α-hetero) is 1. The SMILES string of the molecule is O=C(/C=N\Nc1nc2ccccc2o1)c1ccccc1. The largest absolute Gasteiger partial charge is 0.422 e. The fraction of sp³-hybridized carbons (Fsp3) is 0. The summed E-state index contributed by atoms with van der Waals surface area (Å²) < 4.78 is 5.41. The number of aromatic nitrogens is 1. The summed E-state index contributed by atoms with van der Waals surface area (Å²) in [6.45, 7) is 0. The van der Waals surface area contributed by atoms with Crippen molar-refractivity contribution in [1.29, 1.82) is 0 Å². The van der Waals surface area contributed by atoms with Gasteiger partial charge >= 0.3 is 6.01 Å². The van der Waals surface area contributed by atoms with Gasteiger partial charge in [-0.05, 0) is 12.1 Å². The Hall–Kier alpha value is -2.95. The third-order valence-electron chi connectivity index (χ3n) is 2.69. The molecule has 3 aromatic rings. The van der Waals surface area contributed by atoms with Crippen molar-refractivity contribution >= 4 is 29.1 Å². The number of hydrogen-bond donors (Lipinski definition) is 1. The molecule has 3 rings (SSSR count). The molecule has 0 bridgehead atoms. The van der Waals surface area contributed by atoms with Gasteiger partial charge in [0.25, 0.3) is 0 Å². The van der Waals surface area contributed by atoms with Gasteiger partial charge in [-0.2, -0.15) is 10.1 Å². The Balaban J connectivity index is 1.70. The molecule has 0 unspecified atom stereocenters. The van der Waals surface area contributed by atoms with E-state index in [1.807, 2.05) is 30.3 Å². The Labute approximate surface area is 114 Å². The fourth-order valence-electron chi connectivity index (χ4n) is 1.74. The number of anilines is 1. The van der Waals surface area contributed by atoms with Crippen molar-refractivity contribution in [3.05, 3.63) is 60.2 Å². The molecule has 98 valence electrons. The number of carbonyl (C=O) groups excluding carboxylic acids is 1. The molecule has 0 atom stereocenters. The average Bonchev–Trinajstić information content (AvgIpc) is 2.90. The summed E-state index contributed by atoms with van der Waals surface area (Å²) in [4.78, 5) is 15.9. The van der Waals surface area contributed by atoms with Crippen molar-refractivity contribution in [3.63, 3.8) is 0 Å². The van der Waals surface area contributed by atoms with Crippen LogP contribution >= 0.6 is 0 Å². The summed E-state index contributed by atoms with van der Waals surface area (Å²) in [7, 11) is 0. The second-order valence-corrected chi connectivity index (χ2v) is 4.09. The summed E-state index contributed by atoms with van der Waals surface area (Å²) >= 11 is 0. The summed E-state index contributed by atoms with van der Waals surface area (Å²) in [6, 6.07) is 16.5. The molecule has 1 aromatic heterocycles. The van der Waals surface area contributed by atoms with E-state index in [9.17, 15) is 4.79 Å². The molecule has 1 heterocycles. The molecule has 20 heavy (non-hydrogen) atoms. The molecule has 0 aliphatic rings. The Morgan fingerprint density at radius 1 is 1.10 bits per heavy atom. The van der Waals surface area contributed by atoms with Gasteiger partial charge in [-0.25, -0.2) is 5.43 Å². The van der Waals surface area contributed by atoms with E-state index in [4.69, 9.17) is 4.42 Å². The predicted octanol–water partition coefficient (Wildman–Crippen LogP) is 3.11. The van der Waals surface area contributed by atoms with Gasteiger partial charge in [0.05, 0.1) is 6.21 Å². The summed E-state index contributed by atoms with van der Waals surface area (Å²) in [5.74, 6) is -0.186. The lowest BCUT2D eigenvalue weighted by Gasteiger charge is -1.94. The van der Waals surface area contributed by atoms with E-state index in [-0.39, 0.29) is 11.8 Å². The quantitative estimate of drug-likeness (QED) is 0.447. The maximum Gasteiger partial charge on any atom is 0.316 e. The summed E-state index contributed by atoms with van der Waals surface area (Å²) in [5.41, 5.74) is 4.59. The second-order valence-electron chi connectivity index (χ2n) is 4.09. The van der Waals surface area contributed by atoms with Crippen molar-refractivity contribution in [3.8, 4) is 0 Å². The van der Waals surface area contributed by atoms with Crippen LogP contribution in [0.4, 0.5) is 6.01 Å². The maximum absolute atomic E-state index is 11.8. The number of benzene rings is 2. The van der Waals surface area contributed by atoms with Crippen LogP contribution in [0.25, 0.3) is 11.1 Å². The highest BCUT2D eigenvalue weighted by Crippen LogP contribution is 2.17. The summed E-state index contributed by atoms with van der Waals surface area (Å²) in [5, 5.41) is 3.83. The van der Waals surface area contributed by atoms with E-state index in [0.717, 1.165) is 5.52 Å². The van der Waals surface area contributed by atoms with Gasteiger partial charge in [0.2, 0.25) is 5.78 Å². The molecule has 0 fully saturated rings. The topological polar surface area (TPSA) is 67.5 Å². The van der Waals surface area contributed by atoms with E-state index in [2.05, 4.69) is 15.5 Å². The minimum Gasteiger partial charge on any atom is -0.422 e. The molecular formula is C15H11N3O2. The van der Waals surface area contributed by atoms with Gasteiger partial charge in [-0.3, -0.25) is 4.79 Å². The first-order chi connectivity index (χ1) is 9.83. The van der Waals surface area contributed by atoms with Crippen LogP contribution in [0.15, 0.2) is 64.1 Å². The number of para-hydroxylation sites is 2. The van der Waals surface area contributed by atoms with E-state index < -0.39 is 0 Å². The minimum absolute atomic E-state index is 0.186. The molecule has 5 nitrogen and oxygen atoms in total. The van der Waals surface area contributed by atoms with Crippen LogP contribution in [0.5, 0.6) is 0 Å². The van der Waals surface area contributed by atoms with E-state index >= 15 is 0 Å². The van der Waals surface area contributed by atoms with Crippen LogP contribution in [0.2, 0.25) is 0 Å². The van der Waals surface area contributed by atoms with Gasteiger partial charge < -0.3 is 4.42 Å². The first-order valence-corrected chi connectivity index (χ1v) is 6.07. The first-order valence-electron chi connectivity index (χ1n) is 6.07. The Bertz CT molecular complexity index is 730. The monoisotopic (exact) mass is 265 g/mol. The molecule has 5 heteroatoms. The van der Waals surface area contributed by atoms with Gasteiger partial charge in [0.15, 0.2) is 5.58 Å². The molecule has 0 aliphatic heterocycles. The first kappa shape index (κ1) is 12.1. The molecule has 0 saturated carbocycles. The number of nitrogens with one attached hydrogen (secondary N) is 1. The van der Waals surface area contributed by atoms with E-state index in [0.29, 0.717) is 11.1 Å². The standard InChI is InChI=1S/C15H11N3O2/c19-13(11-6-2-1-3-7-11)10-16-18-15-17-12-8-4-5-9-14(12)20-15/h1-10H,(H,17,18)/b16-10-. The molecule has 0 radical (unpaired) electrons. The Morgan fingerprint density at radius 2 is 1.85 bits per heavy atom. The van der Waals surface area contributed by atoms with Gasteiger partial charge in [-0.1, -0.05) is 42.5 Å². The van der Waals surface area contributed by atoms with Crippen LogP contribution in [-0.2, 0) is 0 Å². The zero-order valence-corrected chi connectivity index (χ0v) is 10.5. The van der Waals surface area contributed by atoms with Gasteiger partial charge in [0.1, 0.15) is 5.52 Å². The second kappa shape index (κ2) is 5.36. The molecule has 2 aromatic carbocycles. The number of oxazole rings is 1. The smallest absolute Gasteiger partial charge is 0.316 e. The maximum atomic E-state index is 11.8. The normalized spacial score (nSPS) is 11.0. The van der Waals surface area contributed by atoms with Crippen molar-refractivity contribution in [2.75, 3.05) is 5.43 Å². The number of rotatable bonds is 4. The van der Waals surface area contributed by atoms with Crippen molar-refractivity contribution < 1.29 is 9.21 Å². The number of nitrogens with zero attached hydrogens (tertiary/aromatic N) is 2. The number of hydrazone groups is 1. The number of carbonyl (C=O) groups is 1. The van der Waals surface area contributed by atoms with E-state index in [1.165, 1.54) is 6.21 Å². The Morgan fingerprint density at radius 3 is 2.65 bits per heavy atom. The zero-order valence-electron chi connectivity index (χ0n) is 10.5. The van der Waals surface area contributed by atoms with Crippen LogP contribution in [0, 0.1) is 0 Å². The van der Waals surface area contributed by atoms with Crippen LogP contribution in [0.3, 0.4) is 0 Å². The fourth-order valence-corrected chi connectivity index (χ4v) is 1.74. The average molecular weight is 265 g/mol. The number of fused-ring (bicyclic) bond motifs is 1. The lowest BCUT2D eigenvalue weighted by molar-refractivity contribution is 0.107. The molecule has 0 saturated heterocycles. The molecule has 0 aliphatic carbocycles. The van der Waals surface area contributed by atoms with Crippen LogP contribution in [0.1, 0.15) is 10.4 Å². The highest BCUT2D eigenvalue weighted by Gasteiger charge is 2.04. The van der Waals surface area contributed by atoms with Crippen molar-refractivity contribution in [1.82, 2.24) is 4.98 Å². The highest BCUT2D eigenvalue weighted by molar-refractivity contribution is 6.35. The van der Waals surface area contributed by atoms with E-state index in [1.54, 1.807) is 24.3 Å². The minimum atomic E-state index is -0.186. The third kappa shape index (κ3) is 2.56. The Kier molecular flexibility index (Phi) is 3.24. The number of ketones is 1. The van der Waals surface area contributed by atoms with Crippen LogP contribution in [-0.4, -0.2) is 17.0 Å². The summed E-state index contributed by atoms with van der Waals surface area (Å²) in [6.07, 6.45) is 1.20. The van der Waals surface area contributed by atoms with Crippen LogP contribution < -0.4 is 5.43 Å². The molecule has 1 N–H and O–H groups in total. The molecular weight excluding hydrogens is 254 g/mol. The van der Waals surface area contributed by atoms with Crippen molar-refractivity contribution in [2.45, 2.75) is 0 Å². The third-order valence-corrected chi connectivity index (χ3v) is 2.69. The number of hydrogen-bond acceptors (Lipinski definition) is 5. The predicted molar refractivity (Wildman–Crippen MR) is 76.9 cm³/mol. The lowest BCUT2D eigenvalue weighted by atomic mass is 10.1. The van der Waals surface area contributed by atoms with Gasteiger partial charge in [-0.15, -0.1) is 0 Å². The lowest BCUT2D eigenvalue weighted by Crippen LogP contribution is -2.01. The molecule has 0 spiro atoms.